The Morgan fingerprint density at radius 2 is 1.68 bits per heavy atom. The van der Waals surface area contributed by atoms with Gasteiger partial charge in [0.05, 0.1) is 28.4 Å². The van der Waals surface area contributed by atoms with Crippen LogP contribution in [0.25, 0.3) is 22.3 Å². The monoisotopic (exact) mass is 595 g/mol. The molecule has 4 aromatic rings. The van der Waals surface area contributed by atoms with Crippen molar-refractivity contribution >= 4 is 36.4 Å². The average Bonchev–Trinajstić information content (AvgIpc) is 3.32. The Hall–Kier alpha value is -3.11. The van der Waals surface area contributed by atoms with Crippen LogP contribution >= 0.6 is 11.6 Å². The van der Waals surface area contributed by atoms with Crippen LogP contribution in [0, 0.1) is 0 Å². The fraction of sp³-hybridized carbons (Fsp3) is 0.419. The van der Waals surface area contributed by atoms with E-state index in [9.17, 15) is 0 Å². The summed E-state index contributed by atoms with van der Waals surface area (Å²) in [6.07, 6.45) is 2.50. The summed E-state index contributed by atoms with van der Waals surface area (Å²) in [4.78, 5) is 11.4. The lowest BCUT2D eigenvalue weighted by atomic mass is 10.1. The van der Waals surface area contributed by atoms with Crippen LogP contribution < -0.4 is 15.2 Å². The number of aromatic nitrogens is 3. The van der Waals surface area contributed by atoms with Gasteiger partial charge in [0.25, 0.3) is 0 Å². The van der Waals surface area contributed by atoms with Crippen molar-refractivity contribution in [1.29, 1.82) is 0 Å². The number of nitrogens with two attached hydrogens (primary N) is 1. The van der Waals surface area contributed by atoms with Crippen LogP contribution in [-0.4, -0.2) is 60.4 Å². The fourth-order valence-electron chi connectivity index (χ4n) is 4.45. The van der Waals surface area contributed by atoms with Gasteiger partial charge in [-0.3, -0.25) is 0 Å². The number of hydrogen-bond acceptors (Lipinski definition) is 7. The minimum absolute atomic E-state index is 0.372. The molecule has 41 heavy (non-hydrogen) atoms. The van der Waals surface area contributed by atoms with E-state index in [1.165, 1.54) is 6.33 Å². The lowest BCUT2D eigenvalue weighted by molar-refractivity contribution is 0.0909. The molecule has 0 fully saturated rings. The van der Waals surface area contributed by atoms with Crippen molar-refractivity contribution in [3.8, 4) is 28.6 Å². The predicted molar refractivity (Wildman–Crippen MR) is 171 cm³/mol. The number of nitrogens with zero attached hydrogens (tertiary/aromatic N) is 4. The van der Waals surface area contributed by atoms with Gasteiger partial charge in [0, 0.05) is 27.3 Å². The molecular formula is C31H42ClN5O3Si. The molecular weight excluding hydrogens is 554 g/mol. The molecule has 0 unspecified atom stereocenters. The van der Waals surface area contributed by atoms with E-state index in [2.05, 4.69) is 65.1 Å². The smallest absolute Gasteiger partial charge is 0.231 e. The van der Waals surface area contributed by atoms with Gasteiger partial charge in [-0.15, -0.1) is 0 Å². The Balaban J connectivity index is 1.58. The molecule has 0 saturated carbocycles. The molecule has 0 aliphatic carbocycles. The Morgan fingerprint density at radius 3 is 2.37 bits per heavy atom. The van der Waals surface area contributed by atoms with Crippen molar-refractivity contribution in [3.63, 3.8) is 0 Å². The molecule has 0 radical (unpaired) electrons. The summed E-state index contributed by atoms with van der Waals surface area (Å²) >= 11 is 6.22. The number of fused-ring (bicyclic) bond motifs is 1. The van der Waals surface area contributed by atoms with E-state index in [-0.39, 0.29) is 0 Å². The first kappa shape index (κ1) is 30.8. The summed E-state index contributed by atoms with van der Waals surface area (Å²) in [5.74, 6) is 1.84. The van der Waals surface area contributed by atoms with Crippen molar-refractivity contribution in [1.82, 2.24) is 19.4 Å². The number of rotatable bonds is 15. The molecule has 0 aliphatic rings. The second-order valence-electron chi connectivity index (χ2n) is 11.3. The van der Waals surface area contributed by atoms with Crippen LogP contribution in [-0.2, 0) is 11.5 Å². The van der Waals surface area contributed by atoms with E-state index in [0.29, 0.717) is 42.3 Å². The summed E-state index contributed by atoms with van der Waals surface area (Å²) in [6.45, 7) is 16.3. The van der Waals surface area contributed by atoms with Gasteiger partial charge in [-0.05, 0) is 73.6 Å². The maximum Gasteiger partial charge on any atom is 0.231 e. The maximum atomic E-state index is 6.22. The minimum Gasteiger partial charge on any atom is -0.494 e. The Morgan fingerprint density at radius 1 is 0.951 bits per heavy atom. The summed E-state index contributed by atoms with van der Waals surface area (Å²) in [6, 6.07) is 16.5. The molecule has 0 amide bonds. The molecule has 220 valence electrons. The summed E-state index contributed by atoms with van der Waals surface area (Å²) in [7, 11) is -1.22. The molecule has 8 nitrogen and oxygen atoms in total. The van der Waals surface area contributed by atoms with Gasteiger partial charge >= 0.3 is 0 Å². The molecule has 10 heteroatoms. The van der Waals surface area contributed by atoms with Gasteiger partial charge in [-0.25, -0.2) is 9.97 Å². The van der Waals surface area contributed by atoms with Crippen molar-refractivity contribution in [2.75, 3.05) is 38.6 Å². The summed E-state index contributed by atoms with van der Waals surface area (Å²) < 4.78 is 20.4. The van der Waals surface area contributed by atoms with Crippen LogP contribution in [0.1, 0.15) is 20.3 Å². The number of hydrogen-bond donors (Lipinski definition) is 1. The zero-order valence-corrected chi connectivity index (χ0v) is 26.6. The average molecular weight is 596 g/mol. The third-order valence-electron chi connectivity index (χ3n) is 6.99. The second-order valence-corrected chi connectivity index (χ2v) is 17.3. The Labute approximate surface area is 249 Å². The normalized spacial score (nSPS) is 11.9. The van der Waals surface area contributed by atoms with Crippen LogP contribution in [0.15, 0.2) is 54.9 Å². The van der Waals surface area contributed by atoms with Crippen LogP contribution in [0.5, 0.6) is 17.4 Å². The number of halogens is 1. The highest BCUT2D eigenvalue weighted by atomic mass is 35.5. The SMILES string of the molecule is CCN(CC)CCCOc1ccc(-c2cc3c(Oc4ccc(N)c(Cl)c4)ncnc3n2COCC[Si](C)(C)C)cc1. The number of benzene rings is 2. The zero-order chi connectivity index (χ0) is 29.4. The molecule has 4 rings (SSSR count). The van der Waals surface area contributed by atoms with E-state index < -0.39 is 8.07 Å². The molecule has 0 atom stereocenters. The lowest BCUT2D eigenvalue weighted by Crippen LogP contribution is -2.25. The third kappa shape index (κ3) is 8.45. The highest BCUT2D eigenvalue weighted by Crippen LogP contribution is 2.35. The van der Waals surface area contributed by atoms with Crippen molar-refractivity contribution < 1.29 is 14.2 Å². The largest absolute Gasteiger partial charge is 0.494 e. The van der Waals surface area contributed by atoms with Gasteiger partial charge in [-0.2, -0.15) is 0 Å². The first-order valence-electron chi connectivity index (χ1n) is 14.3. The van der Waals surface area contributed by atoms with Crippen LogP contribution in [0.2, 0.25) is 30.7 Å². The van der Waals surface area contributed by atoms with E-state index in [1.54, 1.807) is 18.2 Å². The van der Waals surface area contributed by atoms with Gasteiger partial charge in [0.2, 0.25) is 5.88 Å². The molecule has 2 aromatic heterocycles. The van der Waals surface area contributed by atoms with Gasteiger partial charge < -0.3 is 29.4 Å². The topological polar surface area (TPSA) is 87.7 Å². The molecule has 2 N–H and O–H groups in total. The minimum atomic E-state index is -1.22. The molecule has 0 spiro atoms. The maximum absolute atomic E-state index is 6.22. The van der Waals surface area contributed by atoms with Crippen molar-refractivity contribution in [2.24, 2.45) is 0 Å². The lowest BCUT2D eigenvalue weighted by Gasteiger charge is -2.18. The first-order valence-corrected chi connectivity index (χ1v) is 18.4. The van der Waals surface area contributed by atoms with Crippen molar-refractivity contribution in [3.05, 3.63) is 59.9 Å². The Bertz CT molecular complexity index is 1420. The molecule has 0 bridgehead atoms. The molecule has 2 aromatic carbocycles. The van der Waals surface area contributed by atoms with E-state index >= 15 is 0 Å². The highest BCUT2D eigenvalue weighted by Gasteiger charge is 2.18. The van der Waals surface area contributed by atoms with E-state index in [4.69, 9.17) is 31.5 Å². The van der Waals surface area contributed by atoms with E-state index in [0.717, 1.165) is 60.1 Å². The second kappa shape index (κ2) is 14.2. The Kier molecular flexibility index (Phi) is 10.7. The highest BCUT2D eigenvalue weighted by molar-refractivity contribution is 6.76. The standard InChI is InChI=1S/C31H42ClN5O3Si/c1-6-36(7-2)15-8-16-39-24-11-9-23(10-12-24)29-20-26-30(37(29)22-38-17-18-41(3,4)5)34-21-35-31(26)40-25-13-14-28(33)27(32)19-25/h9-14,19-21H,6-8,15-18,22,33H2,1-5H3. The van der Waals surface area contributed by atoms with Crippen LogP contribution in [0.4, 0.5) is 5.69 Å². The van der Waals surface area contributed by atoms with Gasteiger partial charge in [0.1, 0.15) is 30.2 Å². The number of nitrogen functional groups attached to an aromatic ring is 1. The zero-order valence-electron chi connectivity index (χ0n) is 24.8. The number of anilines is 1. The van der Waals surface area contributed by atoms with Gasteiger partial charge in [-0.1, -0.05) is 45.1 Å². The molecule has 0 aliphatic heterocycles. The third-order valence-corrected chi connectivity index (χ3v) is 9.02. The molecule has 0 saturated heterocycles. The summed E-state index contributed by atoms with van der Waals surface area (Å²) in [5, 5.41) is 1.21. The first-order chi connectivity index (χ1) is 19.7. The van der Waals surface area contributed by atoms with Crippen molar-refractivity contribution in [2.45, 2.75) is 52.7 Å². The fourth-order valence-corrected chi connectivity index (χ4v) is 5.38. The van der Waals surface area contributed by atoms with Crippen LogP contribution in [0.3, 0.4) is 0 Å². The molecule has 2 heterocycles. The predicted octanol–water partition coefficient (Wildman–Crippen LogP) is 7.55. The summed E-state index contributed by atoms with van der Waals surface area (Å²) in [5.41, 5.74) is 9.08. The van der Waals surface area contributed by atoms with Gasteiger partial charge in [0.15, 0.2) is 0 Å². The quantitative estimate of drug-likeness (QED) is 0.0862. The van der Waals surface area contributed by atoms with E-state index in [1.807, 2.05) is 18.2 Å². The number of ether oxygens (including phenoxy) is 3.